The Balaban J connectivity index is 1.51. The van der Waals surface area contributed by atoms with Gasteiger partial charge in [0, 0.05) is 18.0 Å². The summed E-state index contributed by atoms with van der Waals surface area (Å²) in [5.74, 6) is -1.10. The van der Waals surface area contributed by atoms with Gasteiger partial charge in [-0.2, -0.15) is 0 Å². The maximum Gasteiger partial charge on any atom is 0.417 e. The minimum Gasteiger partial charge on any atom is -0.444 e. The van der Waals surface area contributed by atoms with E-state index in [9.17, 15) is 14.4 Å². The fourth-order valence-electron chi connectivity index (χ4n) is 6.80. The number of likely N-dealkylation sites (tertiary alicyclic amines) is 1. The van der Waals surface area contributed by atoms with E-state index in [0.717, 1.165) is 49.7 Å². The number of carbonyl (C=O) groups excluding carboxylic acids is 3. The number of cyclic esters (lactones) is 1. The molecule has 2 aromatic rings. The first-order chi connectivity index (χ1) is 19.1. The van der Waals surface area contributed by atoms with Gasteiger partial charge in [0.15, 0.2) is 0 Å². The van der Waals surface area contributed by atoms with E-state index in [0.29, 0.717) is 18.0 Å². The lowest BCUT2D eigenvalue weighted by molar-refractivity contribution is -0.132. The van der Waals surface area contributed by atoms with Crippen LogP contribution < -0.4 is 0 Å². The molecule has 40 heavy (non-hydrogen) atoms. The van der Waals surface area contributed by atoms with Crippen LogP contribution in [-0.2, 0) is 20.7 Å². The summed E-state index contributed by atoms with van der Waals surface area (Å²) < 4.78 is 11.5. The van der Waals surface area contributed by atoms with Gasteiger partial charge in [-0.15, -0.1) is 0 Å². The highest BCUT2D eigenvalue weighted by atomic mass is 35.5. The number of rotatable bonds is 5. The van der Waals surface area contributed by atoms with Crippen LogP contribution in [0.3, 0.4) is 0 Å². The normalized spacial score (nSPS) is 23.2. The monoisotopic (exact) mass is 566 g/mol. The van der Waals surface area contributed by atoms with Gasteiger partial charge in [0.05, 0.1) is 18.5 Å². The molecule has 2 saturated heterocycles. The van der Waals surface area contributed by atoms with Gasteiger partial charge < -0.3 is 14.4 Å². The van der Waals surface area contributed by atoms with E-state index < -0.39 is 35.9 Å². The summed E-state index contributed by atoms with van der Waals surface area (Å²) in [7, 11) is 0. The Kier molecular flexibility index (Phi) is 8.14. The maximum atomic E-state index is 14.5. The molecule has 3 aliphatic rings. The molecule has 7 nitrogen and oxygen atoms in total. The summed E-state index contributed by atoms with van der Waals surface area (Å²) in [6.07, 6.45) is 4.93. The summed E-state index contributed by atoms with van der Waals surface area (Å²) >= 11 is 6.24. The SMILES string of the molecule is CC(C)(C)OC(=O)N1CCC2(CCCCC2)[C@H]1[C@@H](C(=O)N1C[C@H](Cc2ccccc2)OC1=O)c1ccc(Cl)cc1. The third-order valence-electron chi connectivity index (χ3n) is 8.55. The van der Waals surface area contributed by atoms with Gasteiger partial charge in [0.1, 0.15) is 11.7 Å². The molecule has 3 fully saturated rings. The predicted octanol–water partition coefficient (Wildman–Crippen LogP) is 6.97. The topological polar surface area (TPSA) is 76.2 Å². The molecule has 0 unspecified atom stereocenters. The molecule has 8 heteroatoms. The van der Waals surface area contributed by atoms with Crippen LogP contribution in [0.1, 0.15) is 76.3 Å². The van der Waals surface area contributed by atoms with Crippen molar-refractivity contribution in [1.29, 1.82) is 0 Å². The van der Waals surface area contributed by atoms with Gasteiger partial charge in [-0.3, -0.25) is 4.79 Å². The van der Waals surface area contributed by atoms with E-state index in [-0.39, 0.29) is 17.9 Å². The smallest absolute Gasteiger partial charge is 0.417 e. The minimum absolute atomic E-state index is 0.169. The van der Waals surface area contributed by atoms with Crippen LogP contribution >= 0.6 is 11.6 Å². The molecule has 1 spiro atoms. The number of halogens is 1. The van der Waals surface area contributed by atoms with Gasteiger partial charge in [-0.25, -0.2) is 14.5 Å². The van der Waals surface area contributed by atoms with E-state index in [1.165, 1.54) is 4.90 Å². The third kappa shape index (κ3) is 5.99. The summed E-state index contributed by atoms with van der Waals surface area (Å²) in [6.45, 7) is 6.23. The fraction of sp³-hybridized carbons (Fsp3) is 0.531. The zero-order chi connectivity index (χ0) is 28.5. The number of hydrogen-bond donors (Lipinski definition) is 0. The predicted molar refractivity (Wildman–Crippen MR) is 153 cm³/mol. The highest BCUT2D eigenvalue weighted by Gasteiger charge is 2.56. The number of nitrogens with zero attached hydrogens (tertiary/aromatic N) is 2. The highest BCUT2D eigenvalue weighted by molar-refractivity contribution is 6.30. The van der Waals surface area contributed by atoms with Crippen LogP contribution in [0.5, 0.6) is 0 Å². The van der Waals surface area contributed by atoms with Crippen molar-refractivity contribution >= 4 is 29.7 Å². The molecule has 2 aliphatic heterocycles. The van der Waals surface area contributed by atoms with Crippen molar-refractivity contribution in [2.24, 2.45) is 5.41 Å². The van der Waals surface area contributed by atoms with Crippen molar-refractivity contribution in [3.63, 3.8) is 0 Å². The van der Waals surface area contributed by atoms with Gasteiger partial charge in [0.2, 0.25) is 5.91 Å². The lowest BCUT2D eigenvalue weighted by Gasteiger charge is -2.44. The second-order valence-electron chi connectivity index (χ2n) is 12.5. The molecule has 5 rings (SSSR count). The number of carbonyl (C=O) groups is 3. The Morgan fingerprint density at radius 1 is 1.02 bits per heavy atom. The maximum absolute atomic E-state index is 14.5. The number of imide groups is 1. The van der Waals surface area contributed by atoms with Crippen LogP contribution in [0.2, 0.25) is 5.02 Å². The first-order valence-electron chi connectivity index (χ1n) is 14.4. The van der Waals surface area contributed by atoms with Crippen LogP contribution in [-0.4, -0.2) is 58.7 Å². The van der Waals surface area contributed by atoms with Crippen LogP contribution in [0.15, 0.2) is 54.6 Å². The van der Waals surface area contributed by atoms with E-state index in [4.69, 9.17) is 21.1 Å². The Labute approximate surface area is 241 Å². The van der Waals surface area contributed by atoms with Crippen molar-refractivity contribution in [1.82, 2.24) is 9.80 Å². The molecule has 2 heterocycles. The van der Waals surface area contributed by atoms with E-state index in [2.05, 4.69) is 0 Å². The van der Waals surface area contributed by atoms with E-state index >= 15 is 0 Å². The minimum atomic E-state index is -0.756. The van der Waals surface area contributed by atoms with Gasteiger partial charge in [0.25, 0.3) is 0 Å². The number of amides is 3. The molecule has 3 amide bonds. The Morgan fingerprint density at radius 3 is 2.35 bits per heavy atom. The van der Waals surface area contributed by atoms with Gasteiger partial charge >= 0.3 is 12.2 Å². The lowest BCUT2D eigenvalue weighted by Crippen LogP contribution is -2.53. The molecule has 0 N–H and O–H groups in total. The fourth-order valence-corrected chi connectivity index (χ4v) is 6.93. The van der Waals surface area contributed by atoms with Crippen molar-refractivity contribution in [3.8, 4) is 0 Å². The summed E-state index contributed by atoms with van der Waals surface area (Å²) in [6, 6.07) is 16.6. The van der Waals surface area contributed by atoms with Crippen molar-refractivity contribution < 1.29 is 23.9 Å². The summed E-state index contributed by atoms with van der Waals surface area (Å²) in [4.78, 5) is 44.3. The zero-order valence-corrected chi connectivity index (χ0v) is 24.4. The van der Waals surface area contributed by atoms with E-state index in [1.807, 2.05) is 63.2 Å². The largest absolute Gasteiger partial charge is 0.444 e. The highest BCUT2D eigenvalue weighted by Crippen LogP contribution is 2.53. The first kappa shape index (κ1) is 28.5. The van der Waals surface area contributed by atoms with Crippen LogP contribution in [0.4, 0.5) is 9.59 Å². The second-order valence-corrected chi connectivity index (χ2v) is 12.9. The van der Waals surface area contributed by atoms with Gasteiger partial charge in [-0.1, -0.05) is 73.3 Å². The zero-order valence-electron chi connectivity index (χ0n) is 23.6. The Hall–Kier alpha value is -3.06. The Morgan fingerprint density at radius 2 is 1.70 bits per heavy atom. The molecule has 1 aliphatic carbocycles. The summed E-state index contributed by atoms with van der Waals surface area (Å²) in [5.41, 5.74) is 0.867. The lowest BCUT2D eigenvalue weighted by atomic mass is 9.64. The number of ether oxygens (including phenoxy) is 2. The standard InChI is InChI=1S/C32H39ClN2O5/c1-31(2,3)40-30(38)34-19-18-32(16-8-5-9-17-32)27(34)26(23-12-14-24(33)15-13-23)28(36)35-21-25(39-29(35)37)20-22-10-6-4-7-11-22/h4,6-7,10-15,25-27H,5,8-9,16-21H2,1-3H3/t25-,26-,27+/m0/s1. The van der Waals surface area contributed by atoms with Crippen molar-refractivity contribution in [2.75, 3.05) is 13.1 Å². The molecule has 2 aromatic carbocycles. The quantitative estimate of drug-likeness (QED) is 0.390. The molecule has 1 saturated carbocycles. The Bertz CT molecular complexity index is 1220. The number of hydrogen-bond acceptors (Lipinski definition) is 5. The molecule has 3 atom stereocenters. The van der Waals surface area contributed by atoms with Crippen LogP contribution in [0, 0.1) is 5.41 Å². The second kappa shape index (κ2) is 11.4. The van der Waals surface area contributed by atoms with E-state index in [1.54, 1.807) is 17.0 Å². The molecule has 0 bridgehead atoms. The van der Waals surface area contributed by atoms with Crippen molar-refractivity contribution in [2.45, 2.75) is 89.4 Å². The summed E-state index contributed by atoms with van der Waals surface area (Å²) in [5, 5.41) is 0.557. The molecule has 214 valence electrons. The average molecular weight is 567 g/mol. The van der Waals surface area contributed by atoms with Crippen LogP contribution in [0.25, 0.3) is 0 Å². The molecular formula is C32H39ClN2O5. The third-order valence-corrected chi connectivity index (χ3v) is 8.80. The van der Waals surface area contributed by atoms with Crippen molar-refractivity contribution in [3.05, 3.63) is 70.7 Å². The average Bonchev–Trinajstić information content (AvgIpc) is 3.45. The molecule has 0 aromatic heterocycles. The first-order valence-corrected chi connectivity index (χ1v) is 14.8. The van der Waals surface area contributed by atoms with Gasteiger partial charge in [-0.05, 0) is 68.7 Å². The molecular weight excluding hydrogens is 528 g/mol. The molecule has 0 radical (unpaired) electrons. The number of benzene rings is 2.